The molecule has 0 aromatic heterocycles. The quantitative estimate of drug-likeness (QED) is 0.503. The van der Waals surface area contributed by atoms with E-state index in [9.17, 15) is 0 Å². The third-order valence-corrected chi connectivity index (χ3v) is 2.33. The van der Waals surface area contributed by atoms with Crippen molar-refractivity contribution >= 4 is 5.57 Å². The fourth-order valence-corrected chi connectivity index (χ4v) is 1.61. The van der Waals surface area contributed by atoms with Gasteiger partial charge in [0.1, 0.15) is 0 Å². The molecule has 0 saturated heterocycles. The van der Waals surface area contributed by atoms with Gasteiger partial charge < -0.3 is 0 Å². The van der Waals surface area contributed by atoms with Gasteiger partial charge in [-0.25, -0.2) is 0 Å². The van der Waals surface area contributed by atoms with Gasteiger partial charge in [-0.1, -0.05) is 84.0 Å². The molecule has 0 heterocycles. The molecule has 0 fully saturated rings. The fourth-order valence-electron chi connectivity index (χ4n) is 1.61. The SMILES string of the molecule is C=C(C)C/C(=C\C)c1ccccc1C.CC.CC.CC. The molecule has 0 unspecified atom stereocenters. The van der Waals surface area contributed by atoms with E-state index in [2.05, 4.69) is 57.7 Å². The summed E-state index contributed by atoms with van der Waals surface area (Å²) in [6.45, 7) is 22.3. The van der Waals surface area contributed by atoms with Crippen LogP contribution < -0.4 is 0 Å². The van der Waals surface area contributed by atoms with Gasteiger partial charge >= 0.3 is 0 Å². The van der Waals surface area contributed by atoms with Gasteiger partial charge in [0.25, 0.3) is 0 Å². The first-order valence-electron chi connectivity index (χ1n) is 8.00. The van der Waals surface area contributed by atoms with Gasteiger partial charge in [-0.15, -0.1) is 0 Å². The van der Waals surface area contributed by atoms with Gasteiger partial charge in [-0.05, 0) is 43.9 Å². The molecular weight excluding hydrogens is 240 g/mol. The lowest BCUT2D eigenvalue weighted by molar-refractivity contribution is 1.22. The van der Waals surface area contributed by atoms with Crippen molar-refractivity contribution in [3.8, 4) is 0 Å². The standard InChI is InChI=1S/C14H18.3C2H6/c1-5-13(10-11(2)3)14-9-7-6-8-12(14)4;3*1-2/h5-9H,2,10H2,1,3-4H3;3*1-2H3/b13-5+;;;. The molecule has 0 amide bonds. The van der Waals surface area contributed by atoms with Crippen LogP contribution in [0, 0.1) is 6.92 Å². The molecule has 0 nitrogen and oxygen atoms in total. The second-order valence-electron chi connectivity index (χ2n) is 3.76. The van der Waals surface area contributed by atoms with Gasteiger partial charge in [-0.3, -0.25) is 0 Å². The Labute approximate surface area is 128 Å². The van der Waals surface area contributed by atoms with Crippen LogP contribution in [0.4, 0.5) is 0 Å². The van der Waals surface area contributed by atoms with Crippen LogP contribution in [-0.2, 0) is 0 Å². The fraction of sp³-hybridized carbons (Fsp3) is 0.500. The van der Waals surface area contributed by atoms with Crippen LogP contribution in [0.5, 0.6) is 0 Å². The highest BCUT2D eigenvalue weighted by atomic mass is 14.1. The molecule has 20 heavy (non-hydrogen) atoms. The van der Waals surface area contributed by atoms with Crippen LogP contribution in [0.15, 0.2) is 42.5 Å². The lowest BCUT2D eigenvalue weighted by Gasteiger charge is -2.09. The number of allylic oxidation sites excluding steroid dienone is 3. The summed E-state index contributed by atoms with van der Waals surface area (Å²) in [5.74, 6) is 0. The highest BCUT2D eigenvalue weighted by molar-refractivity contribution is 5.69. The molecule has 0 aliphatic carbocycles. The van der Waals surface area contributed by atoms with E-state index in [0.29, 0.717) is 0 Å². The first-order valence-corrected chi connectivity index (χ1v) is 8.00. The zero-order chi connectivity index (χ0) is 16.6. The number of hydrogen-bond acceptors (Lipinski definition) is 0. The average molecular weight is 277 g/mol. The minimum Gasteiger partial charge on any atom is -0.0998 e. The van der Waals surface area contributed by atoms with Gasteiger partial charge in [0.05, 0.1) is 0 Å². The Kier molecular flexibility index (Phi) is 21.0. The lowest BCUT2D eigenvalue weighted by atomic mass is 9.96. The number of rotatable bonds is 3. The minimum atomic E-state index is 0.974. The summed E-state index contributed by atoms with van der Waals surface area (Å²) in [4.78, 5) is 0. The van der Waals surface area contributed by atoms with E-state index in [1.54, 1.807) is 0 Å². The van der Waals surface area contributed by atoms with Crippen molar-refractivity contribution in [3.63, 3.8) is 0 Å². The topological polar surface area (TPSA) is 0 Å². The number of aryl methyl sites for hydroxylation is 1. The maximum atomic E-state index is 3.96. The summed E-state index contributed by atoms with van der Waals surface area (Å²) in [7, 11) is 0. The third-order valence-electron chi connectivity index (χ3n) is 2.33. The zero-order valence-electron chi connectivity index (χ0n) is 15.3. The highest BCUT2D eigenvalue weighted by Gasteiger charge is 2.02. The van der Waals surface area contributed by atoms with Crippen LogP contribution in [-0.4, -0.2) is 0 Å². The minimum absolute atomic E-state index is 0.974. The summed E-state index contributed by atoms with van der Waals surface area (Å²) in [6.07, 6.45) is 3.15. The summed E-state index contributed by atoms with van der Waals surface area (Å²) < 4.78 is 0. The second-order valence-corrected chi connectivity index (χ2v) is 3.76. The Morgan fingerprint density at radius 1 is 1.00 bits per heavy atom. The Bertz CT molecular complexity index is 356. The van der Waals surface area contributed by atoms with Crippen molar-refractivity contribution in [1.29, 1.82) is 0 Å². The molecule has 116 valence electrons. The van der Waals surface area contributed by atoms with Gasteiger partial charge in [-0.2, -0.15) is 0 Å². The van der Waals surface area contributed by atoms with Gasteiger partial charge in [0.15, 0.2) is 0 Å². The summed E-state index contributed by atoms with van der Waals surface area (Å²) in [5, 5.41) is 0. The van der Waals surface area contributed by atoms with E-state index in [4.69, 9.17) is 0 Å². The Morgan fingerprint density at radius 2 is 1.45 bits per heavy atom. The maximum Gasteiger partial charge on any atom is -0.00698 e. The molecule has 0 aliphatic heterocycles. The van der Waals surface area contributed by atoms with Crippen molar-refractivity contribution in [2.75, 3.05) is 0 Å². The molecule has 0 bridgehead atoms. The molecule has 0 aliphatic rings. The summed E-state index contributed by atoms with van der Waals surface area (Å²) in [6, 6.07) is 8.49. The molecular formula is C20H36. The van der Waals surface area contributed by atoms with Crippen LogP contribution >= 0.6 is 0 Å². The molecule has 0 saturated carbocycles. The molecule has 0 atom stereocenters. The van der Waals surface area contributed by atoms with E-state index in [-0.39, 0.29) is 0 Å². The smallest absolute Gasteiger partial charge is 0.00698 e. The average Bonchev–Trinajstić information content (AvgIpc) is 2.51. The third kappa shape index (κ3) is 10.6. The molecule has 1 aromatic carbocycles. The van der Waals surface area contributed by atoms with E-state index in [0.717, 1.165) is 6.42 Å². The van der Waals surface area contributed by atoms with Crippen molar-refractivity contribution in [2.45, 2.75) is 68.7 Å². The van der Waals surface area contributed by atoms with Crippen molar-refractivity contribution in [1.82, 2.24) is 0 Å². The Balaban J connectivity index is -0.000000425. The van der Waals surface area contributed by atoms with Crippen LogP contribution in [0.3, 0.4) is 0 Å². The Morgan fingerprint density at radius 3 is 1.80 bits per heavy atom. The molecule has 1 rings (SSSR count). The normalized spacial score (nSPS) is 8.95. The predicted octanol–water partition coefficient (Wildman–Crippen LogP) is 7.44. The predicted molar refractivity (Wildman–Crippen MR) is 98.3 cm³/mol. The van der Waals surface area contributed by atoms with E-state index in [1.807, 2.05) is 41.5 Å². The first kappa shape index (κ1) is 23.8. The monoisotopic (exact) mass is 276 g/mol. The van der Waals surface area contributed by atoms with Crippen LogP contribution in [0.1, 0.15) is 72.9 Å². The Hall–Kier alpha value is -1.30. The summed E-state index contributed by atoms with van der Waals surface area (Å²) in [5.41, 5.74) is 5.26. The molecule has 1 aromatic rings. The lowest BCUT2D eigenvalue weighted by Crippen LogP contribution is -1.89. The van der Waals surface area contributed by atoms with E-state index in [1.165, 1.54) is 22.3 Å². The van der Waals surface area contributed by atoms with E-state index < -0.39 is 0 Å². The van der Waals surface area contributed by atoms with E-state index >= 15 is 0 Å². The highest BCUT2D eigenvalue weighted by Crippen LogP contribution is 2.24. The second kappa shape index (κ2) is 17.7. The zero-order valence-corrected chi connectivity index (χ0v) is 15.3. The molecule has 0 spiro atoms. The molecule has 0 heteroatoms. The molecule has 0 radical (unpaired) electrons. The largest absolute Gasteiger partial charge is 0.0998 e. The first-order chi connectivity index (χ1) is 9.65. The van der Waals surface area contributed by atoms with Crippen LogP contribution in [0.2, 0.25) is 0 Å². The maximum absolute atomic E-state index is 3.96. The number of benzene rings is 1. The van der Waals surface area contributed by atoms with Gasteiger partial charge in [0.2, 0.25) is 0 Å². The van der Waals surface area contributed by atoms with Crippen molar-refractivity contribution in [2.24, 2.45) is 0 Å². The number of hydrogen-bond donors (Lipinski definition) is 0. The van der Waals surface area contributed by atoms with Crippen molar-refractivity contribution in [3.05, 3.63) is 53.6 Å². The molecule has 0 N–H and O–H groups in total. The van der Waals surface area contributed by atoms with Crippen molar-refractivity contribution < 1.29 is 0 Å². The van der Waals surface area contributed by atoms with Gasteiger partial charge in [0, 0.05) is 0 Å². The van der Waals surface area contributed by atoms with Crippen LogP contribution in [0.25, 0.3) is 5.57 Å². The summed E-state index contributed by atoms with van der Waals surface area (Å²) >= 11 is 0.